The molecule has 0 radical (unpaired) electrons. The van der Waals surface area contributed by atoms with E-state index in [-0.39, 0.29) is 17.8 Å². The fourth-order valence-electron chi connectivity index (χ4n) is 4.19. The Morgan fingerprint density at radius 1 is 1.28 bits per heavy atom. The first-order chi connectivity index (χ1) is 12.0. The van der Waals surface area contributed by atoms with E-state index in [1.54, 1.807) is 24.4 Å². The van der Waals surface area contributed by atoms with Crippen molar-refractivity contribution < 1.29 is 9.18 Å². The number of carbonyl (C=O) groups excluding carboxylic acids is 1. The maximum atomic E-state index is 14.0. The maximum absolute atomic E-state index is 14.0. The number of amides is 1. The molecule has 2 aromatic rings. The SMILES string of the molecule is Cc1c(C(=O)N(C)C2CC3CCC(C2)N3)cnn1-c1ccccc1F. The second kappa shape index (κ2) is 6.26. The van der Waals surface area contributed by atoms with E-state index < -0.39 is 0 Å². The summed E-state index contributed by atoms with van der Waals surface area (Å²) in [6.45, 7) is 1.81. The van der Waals surface area contributed by atoms with Gasteiger partial charge in [-0.25, -0.2) is 9.07 Å². The number of rotatable bonds is 3. The van der Waals surface area contributed by atoms with Gasteiger partial charge in [-0.15, -0.1) is 0 Å². The summed E-state index contributed by atoms with van der Waals surface area (Å²) < 4.78 is 15.5. The second-order valence-electron chi connectivity index (χ2n) is 7.19. The molecular weight excluding hydrogens is 319 g/mol. The van der Waals surface area contributed by atoms with Crippen molar-refractivity contribution in [1.29, 1.82) is 0 Å². The number of hydrogen-bond acceptors (Lipinski definition) is 3. The third kappa shape index (κ3) is 2.84. The first-order valence-corrected chi connectivity index (χ1v) is 8.87. The van der Waals surface area contributed by atoms with Crippen molar-refractivity contribution in [2.75, 3.05) is 7.05 Å². The van der Waals surface area contributed by atoms with Crippen molar-refractivity contribution in [2.45, 2.75) is 50.7 Å². The van der Waals surface area contributed by atoms with Crippen LogP contribution < -0.4 is 5.32 Å². The molecule has 1 N–H and O–H groups in total. The lowest BCUT2D eigenvalue weighted by Gasteiger charge is -2.35. The summed E-state index contributed by atoms with van der Waals surface area (Å²) in [4.78, 5) is 14.8. The van der Waals surface area contributed by atoms with Crippen LogP contribution in [0.1, 0.15) is 41.7 Å². The third-order valence-corrected chi connectivity index (χ3v) is 5.64. The number of halogens is 1. The molecular formula is C19H23FN4O. The standard InChI is InChI=1S/C19H23FN4O/c1-12-16(11-21-24(12)18-6-4-3-5-17(18)20)19(25)23(2)15-9-13-7-8-14(10-15)22-13/h3-6,11,13-15,22H,7-10H2,1-2H3. The molecule has 1 amide bonds. The van der Waals surface area contributed by atoms with E-state index in [2.05, 4.69) is 10.4 Å². The van der Waals surface area contributed by atoms with E-state index >= 15 is 0 Å². The predicted octanol–water partition coefficient (Wildman–Crippen LogP) is 2.67. The molecule has 5 nitrogen and oxygen atoms in total. The summed E-state index contributed by atoms with van der Waals surface area (Å²) >= 11 is 0. The molecule has 2 unspecified atom stereocenters. The quantitative estimate of drug-likeness (QED) is 0.933. The number of nitrogens with one attached hydrogen (secondary N) is 1. The largest absolute Gasteiger partial charge is 0.338 e. The van der Waals surface area contributed by atoms with Crippen LogP contribution in [0.15, 0.2) is 30.5 Å². The molecule has 6 heteroatoms. The van der Waals surface area contributed by atoms with Crippen molar-refractivity contribution in [3.8, 4) is 5.69 Å². The fraction of sp³-hybridized carbons (Fsp3) is 0.474. The lowest BCUT2D eigenvalue weighted by atomic mass is 9.98. The highest BCUT2D eigenvalue weighted by Gasteiger charge is 2.37. The molecule has 2 aliphatic heterocycles. The van der Waals surface area contributed by atoms with E-state index in [4.69, 9.17) is 0 Å². The lowest BCUT2D eigenvalue weighted by Crippen LogP contribution is -2.48. The molecule has 2 bridgehead atoms. The average Bonchev–Trinajstić information content (AvgIpc) is 3.16. The van der Waals surface area contributed by atoms with Gasteiger partial charge in [-0.05, 0) is 44.7 Å². The molecule has 3 heterocycles. The van der Waals surface area contributed by atoms with E-state index in [0.717, 1.165) is 12.8 Å². The Morgan fingerprint density at radius 3 is 2.64 bits per heavy atom. The number of nitrogens with zero attached hydrogens (tertiary/aromatic N) is 3. The molecule has 25 heavy (non-hydrogen) atoms. The topological polar surface area (TPSA) is 50.2 Å². The summed E-state index contributed by atoms with van der Waals surface area (Å²) in [5.41, 5.74) is 1.57. The van der Waals surface area contributed by atoms with Crippen LogP contribution in [0.2, 0.25) is 0 Å². The van der Waals surface area contributed by atoms with Crippen LogP contribution in [-0.2, 0) is 0 Å². The summed E-state index contributed by atoms with van der Waals surface area (Å²) in [5, 5.41) is 7.86. The van der Waals surface area contributed by atoms with Gasteiger partial charge in [0.15, 0.2) is 0 Å². The Morgan fingerprint density at radius 2 is 1.96 bits per heavy atom. The van der Waals surface area contributed by atoms with E-state index in [1.807, 2.05) is 18.9 Å². The van der Waals surface area contributed by atoms with Crippen molar-refractivity contribution in [1.82, 2.24) is 20.0 Å². The first-order valence-electron chi connectivity index (χ1n) is 8.87. The van der Waals surface area contributed by atoms with Crippen LogP contribution >= 0.6 is 0 Å². The number of carbonyl (C=O) groups is 1. The Balaban J connectivity index is 1.58. The molecule has 0 saturated carbocycles. The Hall–Kier alpha value is -2.21. The minimum atomic E-state index is -0.351. The number of para-hydroxylation sites is 1. The van der Waals surface area contributed by atoms with Gasteiger partial charge in [0.2, 0.25) is 0 Å². The van der Waals surface area contributed by atoms with Gasteiger partial charge in [-0.3, -0.25) is 4.79 Å². The highest BCUT2D eigenvalue weighted by atomic mass is 19.1. The fourth-order valence-corrected chi connectivity index (χ4v) is 4.19. The predicted molar refractivity (Wildman–Crippen MR) is 93.3 cm³/mol. The van der Waals surface area contributed by atoms with Crippen LogP contribution in [0.4, 0.5) is 4.39 Å². The monoisotopic (exact) mass is 342 g/mol. The zero-order valence-electron chi connectivity index (χ0n) is 14.6. The Kier molecular flexibility index (Phi) is 4.07. The van der Waals surface area contributed by atoms with Gasteiger partial charge < -0.3 is 10.2 Å². The molecule has 2 saturated heterocycles. The number of piperidine rings is 1. The minimum absolute atomic E-state index is 0.0358. The summed E-state index contributed by atoms with van der Waals surface area (Å²) in [6, 6.07) is 7.78. The molecule has 2 atom stereocenters. The number of benzene rings is 1. The molecule has 1 aromatic heterocycles. The summed E-state index contributed by atoms with van der Waals surface area (Å²) in [5.74, 6) is -0.387. The number of aromatic nitrogens is 2. The third-order valence-electron chi connectivity index (χ3n) is 5.64. The van der Waals surface area contributed by atoms with Crippen LogP contribution in [-0.4, -0.2) is 45.8 Å². The van der Waals surface area contributed by atoms with Gasteiger partial charge >= 0.3 is 0 Å². The van der Waals surface area contributed by atoms with Gasteiger partial charge in [0.05, 0.1) is 17.5 Å². The highest BCUT2D eigenvalue weighted by Crippen LogP contribution is 2.30. The van der Waals surface area contributed by atoms with Crippen molar-refractivity contribution in [3.63, 3.8) is 0 Å². The second-order valence-corrected chi connectivity index (χ2v) is 7.19. The Labute approximate surface area is 146 Å². The van der Waals surface area contributed by atoms with Crippen LogP contribution in [0, 0.1) is 12.7 Å². The number of hydrogen-bond donors (Lipinski definition) is 1. The molecule has 0 aliphatic carbocycles. The van der Waals surface area contributed by atoms with Crippen molar-refractivity contribution in [2.24, 2.45) is 0 Å². The highest BCUT2D eigenvalue weighted by molar-refractivity contribution is 5.95. The molecule has 2 fully saturated rings. The zero-order chi connectivity index (χ0) is 17.6. The Bertz CT molecular complexity index is 790. The van der Waals surface area contributed by atoms with E-state index in [0.29, 0.717) is 29.0 Å². The van der Waals surface area contributed by atoms with Crippen molar-refractivity contribution >= 4 is 5.91 Å². The zero-order valence-corrected chi connectivity index (χ0v) is 14.6. The average molecular weight is 342 g/mol. The lowest BCUT2D eigenvalue weighted by molar-refractivity contribution is 0.0681. The van der Waals surface area contributed by atoms with E-state index in [1.165, 1.54) is 23.6 Å². The van der Waals surface area contributed by atoms with E-state index in [9.17, 15) is 9.18 Å². The molecule has 4 rings (SSSR count). The van der Waals surface area contributed by atoms with Gasteiger partial charge in [0.25, 0.3) is 5.91 Å². The van der Waals surface area contributed by atoms with Crippen LogP contribution in [0.5, 0.6) is 0 Å². The van der Waals surface area contributed by atoms with Gasteiger partial charge in [0.1, 0.15) is 11.5 Å². The van der Waals surface area contributed by atoms with Crippen LogP contribution in [0.25, 0.3) is 5.69 Å². The summed E-state index contributed by atoms with van der Waals surface area (Å²) in [7, 11) is 1.87. The molecule has 132 valence electrons. The van der Waals surface area contributed by atoms with Gasteiger partial charge in [-0.2, -0.15) is 5.10 Å². The minimum Gasteiger partial charge on any atom is -0.338 e. The number of fused-ring (bicyclic) bond motifs is 2. The van der Waals surface area contributed by atoms with Crippen LogP contribution in [0.3, 0.4) is 0 Å². The normalized spacial score (nSPS) is 25.2. The molecule has 2 aliphatic rings. The van der Waals surface area contributed by atoms with Gasteiger partial charge in [-0.1, -0.05) is 12.1 Å². The van der Waals surface area contributed by atoms with Gasteiger partial charge in [0, 0.05) is 25.2 Å². The van der Waals surface area contributed by atoms with Crippen molar-refractivity contribution in [3.05, 3.63) is 47.5 Å². The molecule has 0 spiro atoms. The first kappa shape index (κ1) is 16.3. The molecule has 1 aromatic carbocycles. The maximum Gasteiger partial charge on any atom is 0.257 e. The smallest absolute Gasteiger partial charge is 0.257 e. The summed E-state index contributed by atoms with van der Waals surface area (Å²) in [6.07, 6.45) is 5.95.